The molecule has 8 nitrogen and oxygen atoms in total. The first-order valence-electron chi connectivity index (χ1n) is 10.5. The zero-order valence-corrected chi connectivity index (χ0v) is 22.0. The third-order valence-electron chi connectivity index (χ3n) is 5.23. The number of anilines is 3. The molecule has 1 amide bonds. The van der Waals surface area contributed by atoms with E-state index in [1.807, 2.05) is 26.0 Å². The molecule has 0 spiro atoms. The number of carbonyl (C=O) groups excluding carboxylic acids is 1. The number of sulfonamides is 2. The van der Waals surface area contributed by atoms with E-state index in [0.717, 1.165) is 21.7 Å². The third kappa shape index (κ3) is 6.53. The van der Waals surface area contributed by atoms with Crippen LogP contribution >= 0.6 is 11.6 Å². The molecule has 2 N–H and O–H groups in total. The van der Waals surface area contributed by atoms with E-state index in [4.69, 9.17) is 11.6 Å². The highest BCUT2D eigenvalue weighted by Crippen LogP contribution is 2.25. The van der Waals surface area contributed by atoms with Crippen molar-refractivity contribution in [2.24, 2.45) is 0 Å². The number of aryl methyl sites for hydroxylation is 2. The molecule has 0 radical (unpaired) electrons. The van der Waals surface area contributed by atoms with Crippen molar-refractivity contribution < 1.29 is 21.6 Å². The molecule has 0 saturated carbocycles. The lowest BCUT2D eigenvalue weighted by Crippen LogP contribution is -2.45. The van der Waals surface area contributed by atoms with Crippen molar-refractivity contribution in [3.63, 3.8) is 0 Å². The summed E-state index contributed by atoms with van der Waals surface area (Å²) < 4.78 is 53.9. The number of halogens is 1. The summed E-state index contributed by atoms with van der Waals surface area (Å²) in [5.74, 6) is -0.589. The van der Waals surface area contributed by atoms with Crippen molar-refractivity contribution in [3.05, 3.63) is 82.9 Å². The minimum Gasteiger partial charge on any atom is -0.324 e. The SMILES string of the molecule is Cc1ccc(NS(=O)(=O)c2ccc(NC(=O)[C@H](C)N(c3ccc(Cl)cc3)S(C)(=O)=O)cc2)c(C)c1. The number of amides is 1. The van der Waals surface area contributed by atoms with Crippen molar-refractivity contribution in [1.82, 2.24) is 0 Å². The number of carbonyl (C=O) groups is 1. The second kappa shape index (κ2) is 10.3. The maximum atomic E-state index is 12.9. The summed E-state index contributed by atoms with van der Waals surface area (Å²) in [6.45, 7) is 5.19. The number of hydrogen-bond acceptors (Lipinski definition) is 5. The van der Waals surface area contributed by atoms with Gasteiger partial charge in [0, 0.05) is 10.7 Å². The van der Waals surface area contributed by atoms with Gasteiger partial charge in [0.25, 0.3) is 10.0 Å². The van der Waals surface area contributed by atoms with E-state index in [1.54, 1.807) is 6.07 Å². The standard InChI is InChI=1S/C24H26ClN3O5S2/c1-16-5-14-23(17(2)15-16)27-35(32,33)22-12-8-20(9-13-22)26-24(29)18(3)28(34(4,30)31)21-10-6-19(25)7-11-21/h5-15,18,27H,1-4H3,(H,26,29)/t18-/m0/s1. The van der Waals surface area contributed by atoms with Gasteiger partial charge < -0.3 is 5.32 Å². The van der Waals surface area contributed by atoms with E-state index in [2.05, 4.69) is 10.0 Å². The molecule has 11 heteroatoms. The van der Waals surface area contributed by atoms with E-state index >= 15 is 0 Å². The van der Waals surface area contributed by atoms with Crippen LogP contribution in [0.1, 0.15) is 18.1 Å². The summed E-state index contributed by atoms with van der Waals surface area (Å²) in [6, 6.07) is 16.0. The molecule has 0 bridgehead atoms. The van der Waals surface area contributed by atoms with E-state index in [9.17, 15) is 21.6 Å². The largest absolute Gasteiger partial charge is 0.324 e. The fraction of sp³-hybridized carbons (Fsp3) is 0.208. The summed E-state index contributed by atoms with van der Waals surface area (Å²) in [4.78, 5) is 12.9. The van der Waals surface area contributed by atoms with E-state index in [0.29, 0.717) is 22.1 Å². The van der Waals surface area contributed by atoms with Crippen molar-refractivity contribution in [2.45, 2.75) is 31.7 Å². The van der Waals surface area contributed by atoms with Gasteiger partial charge in [-0.1, -0.05) is 29.3 Å². The molecule has 0 aromatic heterocycles. The van der Waals surface area contributed by atoms with Gasteiger partial charge in [-0.2, -0.15) is 0 Å². The first-order valence-corrected chi connectivity index (χ1v) is 14.2. The number of nitrogens with zero attached hydrogens (tertiary/aromatic N) is 1. The molecule has 1 atom stereocenters. The highest BCUT2D eigenvalue weighted by Gasteiger charge is 2.29. The molecular weight excluding hydrogens is 510 g/mol. The van der Waals surface area contributed by atoms with Crippen LogP contribution in [0.25, 0.3) is 0 Å². The molecule has 0 aliphatic carbocycles. The summed E-state index contributed by atoms with van der Waals surface area (Å²) >= 11 is 5.89. The zero-order valence-electron chi connectivity index (χ0n) is 19.6. The summed E-state index contributed by atoms with van der Waals surface area (Å²) in [5, 5.41) is 3.06. The lowest BCUT2D eigenvalue weighted by Gasteiger charge is -2.28. The van der Waals surface area contributed by atoms with Crippen LogP contribution in [-0.4, -0.2) is 35.0 Å². The van der Waals surface area contributed by atoms with Gasteiger partial charge in [0.15, 0.2) is 0 Å². The maximum absolute atomic E-state index is 12.9. The first kappa shape index (κ1) is 26.5. The van der Waals surface area contributed by atoms with E-state index in [-0.39, 0.29) is 4.90 Å². The predicted molar refractivity (Wildman–Crippen MR) is 140 cm³/mol. The Labute approximate surface area is 211 Å². The Morgan fingerprint density at radius 1 is 0.914 bits per heavy atom. The van der Waals surface area contributed by atoms with Crippen molar-refractivity contribution in [1.29, 1.82) is 0 Å². The molecule has 186 valence electrons. The van der Waals surface area contributed by atoms with E-state index in [1.165, 1.54) is 55.5 Å². The van der Waals surface area contributed by atoms with Crippen molar-refractivity contribution >= 4 is 54.6 Å². The normalized spacial score (nSPS) is 12.6. The Morgan fingerprint density at radius 3 is 2.06 bits per heavy atom. The molecule has 3 rings (SSSR count). The van der Waals surface area contributed by atoms with Gasteiger partial charge in [-0.05, 0) is 80.9 Å². The van der Waals surface area contributed by atoms with Gasteiger partial charge in [0.05, 0.1) is 22.5 Å². The number of benzene rings is 3. The fourth-order valence-electron chi connectivity index (χ4n) is 3.49. The second-order valence-electron chi connectivity index (χ2n) is 8.15. The molecule has 35 heavy (non-hydrogen) atoms. The number of nitrogens with one attached hydrogen (secondary N) is 2. The predicted octanol–water partition coefficient (Wildman–Crippen LogP) is 4.55. The monoisotopic (exact) mass is 535 g/mol. The molecule has 0 heterocycles. The lowest BCUT2D eigenvalue weighted by molar-refractivity contribution is -0.116. The Kier molecular flexibility index (Phi) is 7.78. The van der Waals surface area contributed by atoms with Crippen LogP contribution in [0.4, 0.5) is 17.1 Å². The average Bonchev–Trinajstić information content (AvgIpc) is 2.76. The Balaban J connectivity index is 1.76. The van der Waals surface area contributed by atoms with Gasteiger partial charge >= 0.3 is 0 Å². The Morgan fingerprint density at radius 2 is 1.51 bits per heavy atom. The Bertz CT molecular complexity index is 1440. The maximum Gasteiger partial charge on any atom is 0.261 e. The molecule has 3 aromatic rings. The zero-order chi connectivity index (χ0) is 26.0. The molecular formula is C24H26ClN3O5S2. The molecule has 0 aliphatic heterocycles. The van der Waals surface area contributed by atoms with Gasteiger partial charge in [-0.25, -0.2) is 16.8 Å². The highest BCUT2D eigenvalue weighted by atomic mass is 35.5. The van der Waals surface area contributed by atoms with Crippen LogP contribution in [0, 0.1) is 13.8 Å². The van der Waals surface area contributed by atoms with Gasteiger partial charge in [-0.3, -0.25) is 13.8 Å². The van der Waals surface area contributed by atoms with E-state index < -0.39 is 32.0 Å². The fourth-order valence-corrected chi connectivity index (χ4v) is 5.92. The lowest BCUT2D eigenvalue weighted by atomic mass is 10.1. The topological polar surface area (TPSA) is 113 Å². The molecule has 0 unspecified atom stereocenters. The summed E-state index contributed by atoms with van der Waals surface area (Å²) in [7, 11) is -7.63. The van der Waals surface area contributed by atoms with Crippen LogP contribution in [0.3, 0.4) is 0 Å². The molecule has 0 aliphatic rings. The second-order valence-corrected chi connectivity index (χ2v) is 12.1. The van der Waals surface area contributed by atoms with Gasteiger partial charge in [-0.15, -0.1) is 0 Å². The average molecular weight is 536 g/mol. The van der Waals surface area contributed by atoms with Crippen molar-refractivity contribution in [3.8, 4) is 0 Å². The quantitative estimate of drug-likeness (QED) is 0.439. The highest BCUT2D eigenvalue weighted by molar-refractivity contribution is 7.92. The Hall–Kier alpha value is -3.08. The minimum atomic E-state index is -3.84. The first-order chi connectivity index (χ1) is 16.3. The van der Waals surface area contributed by atoms with Crippen LogP contribution in [0.2, 0.25) is 5.02 Å². The molecule has 3 aromatic carbocycles. The van der Waals surface area contributed by atoms with Crippen LogP contribution in [0.15, 0.2) is 71.6 Å². The smallest absolute Gasteiger partial charge is 0.261 e. The number of rotatable bonds is 8. The number of hydrogen-bond donors (Lipinski definition) is 2. The van der Waals surface area contributed by atoms with Gasteiger partial charge in [0.2, 0.25) is 15.9 Å². The summed E-state index contributed by atoms with van der Waals surface area (Å²) in [5.41, 5.74) is 2.90. The van der Waals surface area contributed by atoms with Crippen molar-refractivity contribution in [2.75, 3.05) is 20.6 Å². The molecule has 0 saturated heterocycles. The summed E-state index contributed by atoms with van der Waals surface area (Å²) in [6.07, 6.45) is 1.01. The van der Waals surface area contributed by atoms with Crippen LogP contribution < -0.4 is 14.3 Å². The molecule has 0 fully saturated rings. The van der Waals surface area contributed by atoms with Crippen LogP contribution in [0.5, 0.6) is 0 Å². The van der Waals surface area contributed by atoms with Crippen LogP contribution in [-0.2, 0) is 24.8 Å². The third-order valence-corrected chi connectivity index (χ3v) is 8.10. The van der Waals surface area contributed by atoms with Gasteiger partial charge in [0.1, 0.15) is 6.04 Å². The minimum absolute atomic E-state index is 0.0162.